The molecule has 0 bridgehead atoms. The van der Waals surface area contributed by atoms with Gasteiger partial charge in [-0.05, 0) is 26.3 Å². The zero-order chi connectivity index (χ0) is 20.1. The summed E-state index contributed by atoms with van der Waals surface area (Å²) in [7, 11) is 1.69. The van der Waals surface area contributed by atoms with Crippen molar-refractivity contribution in [3.63, 3.8) is 0 Å². The van der Waals surface area contributed by atoms with Crippen molar-refractivity contribution in [2.75, 3.05) is 20.3 Å². The Bertz CT molecular complexity index is 766. The smallest absolute Gasteiger partial charge is 0.223 e. The number of hydrogen-bond donors (Lipinski definition) is 1. The molecule has 6 heteroatoms. The summed E-state index contributed by atoms with van der Waals surface area (Å²) in [6.07, 6.45) is 4.53. The standard InChI is InChI=1S/C22H32N4O2/c1-22(2,3)26-20(27)12-18(14-23-13-17-8-6-5-7-9-17)21(26)19-15-24-25(16-19)10-11-28-4/h5-9,15-16,18,21,23H,10-14H2,1-4H3/t18-,21+/m0/s1. The lowest BCUT2D eigenvalue weighted by Crippen LogP contribution is -2.44. The van der Waals surface area contributed by atoms with Crippen LogP contribution in [-0.4, -0.2) is 46.4 Å². The predicted molar refractivity (Wildman–Crippen MR) is 110 cm³/mol. The first-order valence-corrected chi connectivity index (χ1v) is 9.98. The van der Waals surface area contributed by atoms with E-state index >= 15 is 0 Å². The molecule has 3 rings (SSSR count). The van der Waals surface area contributed by atoms with E-state index in [-0.39, 0.29) is 23.4 Å². The molecule has 28 heavy (non-hydrogen) atoms. The van der Waals surface area contributed by atoms with Crippen LogP contribution in [0.2, 0.25) is 0 Å². The Balaban J connectivity index is 1.75. The van der Waals surface area contributed by atoms with Gasteiger partial charge in [0.25, 0.3) is 0 Å². The Morgan fingerprint density at radius 2 is 2.00 bits per heavy atom. The van der Waals surface area contributed by atoms with Crippen molar-refractivity contribution in [2.45, 2.75) is 51.9 Å². The number of nitrogens with one attached hydrogen (secondary N) is 1. The van der Waals surface area contributed by atoms with Gasteiger partial charge >= 0.3 is 0 Å². The van der Waals surface area contributed by atoms with Crippen molar-refractivity contribution in [3.8, 4) is 0 Å². The molecule has 2 atom stereocenters. The summed E-state index contributed by atoms with van der Waals surface area (Å²) in [4.78, 5) is 14.9. The Labute approximate surface area is 167 Å². The average Bonchev–Trinajstić information content (AvgIpc) is 3.24. The van der Waals surface area contributed by atoms with Crippen LogP contribution in [0, 0.1) is 5.92 Å². The molecule has 1 saturated heterocycles. The first-order valence-electron chi connectivity index (χ1n) is 9.98. The van der Waals surface area contributed by atoms with Crippen LogP contribution in [0.5, 0.6) is 0 Å². The van der Waals surface area contributed by atoms with Crippen LogP contribution >= 0.6 is 0 Å². The summed E-state index contributed by atoms with van der Waals surface area (Å²) < 4.78 is 7.05. The molecular formula is C22H32N4O2. The second-order valence-corrected chi connectivity index (χ2v) is 8.49. The summed E-state index contributed by atoms with van der Waals surface area (Å²) in [6.45, 7) is 9.24. The fourth-order valence-electron chi connectivity index (χ4n) is 4.03. The zero-order valence-corrected chi connectivity index (χ0v) is 17.4. The number of carbonyl (C=O) groups is 1. The maximum absolute atomic E-state index is 12.9. The Hall–Kier alpha value is -2.18. The van der Waals surface area contributed by atoms with Crippen LogP contribution in [0.15, 0.2) is 42.7 Å². The molecule has 0 spiro atoms. The van der Waals surface area contributed by atoms with Crippen molar-refractivity contribution in [2.24, 2.45) is 5.92 Å². The van der Waals surface area contributed by atoms with Gasteiger partial charge in [-0.2, -0.15) is 5.10 Å². The largest absolute Gasteiger partial charge is 0.383 e. The highest BCUT2D eigenvalue weighted by Gasteiger charge is 2.45. The monoisotopic (exact) mass is 384 g/mol. The third-order valence-electron chi connectivity index (χ3n) is 5.25. The van der Waals surface area contributed by atoms with E-state index in [4.69, 9.17) is 4.74 Å². The van der Waals surface area contributed by atoms with Crippen molar-refractivity contribution in [1.82, 2.24) is 20.0 Å². The molecule has 0 radical (unpaired) electrons. The van der Waals surface area contributed by atoms with Crippen LogP contribution < -0.4 is 5.32 Å². The number of benzene rings is 1. The molecule has 1 N–H and O–H groups in total. The maximum Gasteiger partial charge on any atom is 0.223 e. The lowest BCUT2D eigenvalue weighted by molar-refractivity contribution is -0.133. The highest BCUT2D eigenvalue weighted by molar-refractivity contribution is 5.80. The fraction of sp³-hybridized carbons (Fsp3) is 0.545. The minimum atomic E-state index is -0.232. The zero-order valence-electron chi connectivity index (χ0n) is 17.4. The van der Waals surface area contributed by atoms with Crippen LogP contribution in [0.25, 0.3) is 0 Å². The molecule has 1 aromatic heterocycles. The third-order valence-corrected chi connectivity index (χ3v) is 5.25. The molecule has 1 amide bonds. The van der Waals surface area contributed by atoms with Crippen molar-refractivity contribution in [3.05, 3.63) is 53.9 Å². The van der Waals surface area contributed by atoms with Gasteiger partial charge in [0.2, 0.25) is 5.91 Å². The first kappa shape index (κ1) is 20.6. The van der Waals surface area contributed by atoms with E-state index in [9.17, 15) is 4.79 Å². The van der Waals surface area contributed by atoms with E-state index in [0.717, 1.165) is 18.7 Å². The number of amides is 1. The van der Waals surface area contributed by atoms with E-state index in [1.54, 1.807) is 7.11 Å². The normalized spacial score (nSPS) is 20.1. The molecule has 1 aromatic carbocycles. The average molecular weight is 385 g/mol. The van der Waals surface area contributed by atoms with E-state index < -0.39 is 0 Å². The van der Waals surface area contributed by atoms with Gasteiger partial charge in [-0.15, -0.1) is 0 Å². The van der Waals surface area contributed by atoms with Crippen molar-refractivity contribution >= 4 is 5.91 Å². The highest BCUT2D eigenvalue weighted by Crippen LogP contribution is 2.42. The van der Waals surface area contributed by atoms with E-state index in [1.165, 1.54) is 5.56 Å². The van der Waals surface area contributed by atoms with Gasteiger partial charge in [0.05, 0.1) is 25.4 Å². The van der Waals surface area contributed by atoms with Crippen molar-refractivity contribution in [1.29, 1.82) is 0 Å². The number of carbonyl (C=O) groups excluding carboxylic acids is 1. The highest BCUT2D eigenvalue weighted by atomic mass is 16.5. The predicted octanol–water partition coefficient (Wildman–Crippen LogP) is 3.01. The molecule has 1 fully saturated rings. The lowest BCUT2D eigenvalue weighted by atomic mass is 9.93. The quantitative estimate of drug-likeness (QED) is 0.760. The van der Waals surface area contributed by atoms with Gasteiger partial charge < -0.3 is 15.0 Å². The van der Waals surface area contributed by atoms with Gasteiger partial charge in [-0.3, -0.25) is 9.48 Å². The minimum Gasteiger partial charge on any atom is -0.383 e. The summed E-state index contributed by atoms with van der Waals surface area (Å²) in [6, 6.07) is 10.4. The summed E-state index contributed by atoms with van der Waals surface area (Å²) in [5, 5.41) is 8.03. The number of hydrogen-bond acceptors (Lipinski definition) is 4. The SMILES string of the molecule is COCCn1cc([C@H]2[C@H](CNCc3ccccc3)CC(=O)N2C(C)(C)C)cn1. The molecule has 6 nitrogen and oxygen atoms in total. The summed E-state index contributed by atoms with van der Waals surface area (Å²) >= 11 is 0. The molecule has 2 aromatic rings. The molecule has 1 aliphatic rings. The number of methoxy groups -OCH3 is 1. The number of nitrogens with zero attached hydrogens (tertiary/aromatic N) is 3. The van der Waals surface area contributed by atoms with Gasteiger partial charge in [0.15, 0.2) is 0 Å². The Morgan fingerprint density at radius 3 is 2.68 bits per heavy atom. The number of ether oxygens (including phenoxy) is 1. The summed E-state index contributed by atoms with van der Waals surface area (Å²) in [5.74, 6) is 0.434. The molecule has 0 aliphatic carbocycles. The molecular weight excluding hydrogens is 352 g/mol. The first-order chi connectivity index (χ1) is 13.4. The van der Waals surface area contributed by atoms with Gasteiger partial charge in [0.1, 0.15) is 0 Å². The second kappa shape index (κ2) is 8.88. The molecule has 1 aliphatic heterocycles. The van der Waals surface area contributed by atoms with Crippen LogP contribution in [0.3, 0.4) is 0 Å². The number of aromatic nitrogens is 2. The summed E-state index contributed by atoms with van der Waals surface area (Å²) in [5.41, 5.74) is 2.12. The molecule has 2 heterocycles. The number of rotatable bonds is 8. The molecule has 0 unspecified atom stereocenters. The Kier molecular flexibility index (Phi) is 6.52. The van der Waals surface area contributed by atoms with E-state index in [2.05, 4.69) is 61.6 Å². The molecule has 152 valence electrons. The Morgan fingerprint density at radius 1 is 1.25 bits per heavy atom. The van der Waals surface area contributed by atoms with E-state index in [0.29, 0.717) is 19.6 Å². The van der Waals surface area contributed by atoms with Gasteiger partial charge in [-0.1, -0.05) is 30.3 Å². The second-order valence-electron chi connectivity index (χ2n) is 8.49. The minimum absolute atomic E-state index is 0.0343. The van der Waals surface area contributed by atoms with Crippen LogP contribution in [0.1, 0.15) is 44.4 Å². The maximum atomic E-state index is 12.9. The fourth-order valence-corrected chi connectivity index (χ4v) is 4.03. The van der Waals surface area contributed by atoms with Crippen LogP contribution in [0.4, 0.5) is 0 Å². The molecule has 0 saturated carbocycles. The number of likely N-dealkylation sites (tertiary alicyclic amines) is 1. The lowest BCUT2D eigenvalue weighted by Gasteiger charge is -2.38. The van der Waals surface area contributed by atoms with Crippen LogP contribution in [-0.2, 0) is 22.6 Å². The van der Waals surface area contributed by atoms with Crippen molar-refractivity contribution < 1.29 is 9.53 Å². The topological polar surface area (TPSA) is 59.4 Å². The van der Waals surface area contributed by atoms with Gasteiger partial charge in [-0.25, -0.2) is 0 Å². The van der Waals surface area contributed by atoms with E-state index in [1.807, 2.05) is 21.8 Å². The van der Waals surface area contributed by atoms with Gasteiger partial charge in [0, 0.05) is 49.8 Å². The third kappa shape index (κ3) is 4.80.